The smallest absolute Gasteiger partial charge is 0.0916 e. The normalized spacial score (nSPS) is 12.9. The Kier molecular flexibility index (Phi) is 7.70. The zero-order valence-electron chi connectivity index (χ0n) is 11.8. The fraction of sp³-hybridized carbons (Fsp3) is 0.625. The molecule has 2 heteroatoms. The lowest BCUT2D eigenvalue weighted by Crippen LogP contribution is -2.30. The molecule has 0 aliphatic rings. The first-order valence-corrected chi connectivity index (χ1v) is 7.23. The van der Waals surface area contributed by atoms with Crippen molar-refractivity contribution in [1.29, 1.82) is 0 Å². The van der Waals surface area contributed by atoms with Crippen molar-refractivity contribution in [2.75, 3.05) is 19.6 Å². The number of rotatable bonds is 9. The summed E-state index contributed by atoms with van der Waals surface area (Å²) in [6.07, 6.45) is 4.49. The molecule has 1 rings (SSSR count). The summed E-state index contributed by atoms with van der Waals surface area (Å²) in [4.78, 5) is 2.39. The highest BCUT2D eigenvalue weighted by molar-refractivity contribution is 5.17. The highest BCUT2D eigenvalue weighted by Crippen LogP contribution is 2.14. The molecule has 0 fully saturated rings. The minimum atomic E-state index is -0.361. The zero-order chi connectivity index (χ0) is 13.2. The van der Waals surface area contributed by atoms with Gasteiger partial charge in [-0.25, -0.2) is 0 Å². The number of nitrogens with zero attached hydrogens (tertiary/aromatic N) is 1. The zero-order valence-corrected chi connectivity index (χ0v) is 11.8. The van der Waals surface area contributed by atoms with Crippen molar-refractivity contribution in [2.24, 2.45) is 0 Å². The van der Waals surface area contributed by atoms with Gasteiger partial charge in [0.05, 0.1) is 6.10 Å². The van der Waals surface area contributed by atoms with Crippen molar-refractivity contribution in [1.82, 2.24) is 4.90 Å². The first kappa shape index (κ1) is 15.2. The molecule has 0 heterocycles. The van der Waals surface area contributed by atoms with Crippen molar-refractivity contribution in [3.05, 3.63) is 35.9 Å². The molecule has 0 aliphatic heterocycles. The molecule has 0 saturated heterocycles. The average molecular weight is 249 g/mol. The molecule has 1 N–H and O–H groups in total. The van der Waals surface area contributed by atoms with E-state index < -0.39 is 0 Å². The van der Waals surface area contributed by atoms with Gasteiger partial charge in [0, 0.05) is 6.54 Å². The van der Waals surface area contributed by atoms with Gasteiger partial charge < -0.3 is 10.0 Å². The Hall–Kier alpha value is -0.860. The van der Waals surface area contributed by atoms with E-state index in [4.69, 9.17) is 0 Å². The first-order chi connectivity index (χ1) is 8.77. The lowest BCUT2D eigenvalue weighted by Gasteiger charge is -2.25. The second-order valence-corrected chi connectivity index (χ2v) is 4.93. The second-order valence-electron chi connectivity index (χ2n) is 4.93. The van der Waals surface area contributed by atoms with Gasteiger partial charge in [-0.2, -0.15) is 0 Å². The van der Waals surface area contributed by atoms with Gasteiger partial charge in [-0.1, -0.05) is 57.0 Å². The number of hydrogen-bond donors (Lipinski definition) is 1. The number of hydrogen-bond acceptors (Lipinski definition) is 2. The highest BCUT2D eigenvalue weighted by Gasteiger charge is 2.12. The number of aliphatic hydroxyl groups is 1. The summed E-state index contributed by atoms with van der Waals surface area (Å²) in [6.45, 7) is 7.38. The van der Waals surface area contributed by atoms with Gasteiger partial charge in [0.1, 0.15) is 0 Å². The maximum Gasteiger partial charge on any atom is 0.0916 e. The molecular weight excluding hydrogens is 222 g/mol. The van der Waals surface area contributed by atoms with Crippen LogP contribution in [0, 0.1) is 0 Å². The van der Waals surface area contributed by atoms with Crippen LogP contribution in [0.4, 0.5) is 0 Å². The molecular formula is C16H27NO. The summed E-state index contributed by atoms with van der Waals surface area (Å²) in [7, 11) is 0. The first-order valence-electron chi connectivity index (χ1n) is 7.23. The molecule has 18 heavy (non-hydrogen) atoms. The van der Waals surface area contributed by atoms with Gasteiger partial charge in [0.25, 0.3) is 0 Å². The summed E-state index contributed by atoms with van der Waals surface area (Å²) in [6, 6.07) is 9.97. The molecule has 0 bridgehead atoms. The summed E-state index contributed by atoms with van der Waals surface area (Å²) in [5.41, 5.74) is 1.02. The molecule has 1 atom stereocenters. The Balaban J connectivity index is 2.47. The molecule has 0 saturated carbocycles. The Morgan fingerprint density at radius 3 is 2.06 bits per heavy atom. The van der Waals surface area contributed by atoms with E-state index in [0.29, 0.717) is 0 Å². The summed E-state index contributed by atoms with van der Waals surface area (Å²) in [5.74, 6) is 0. The third-order valence-corrected chi connectivity index (χ3v) is 3.27. The Morgan fingerprint density at radius 1 is 1.00 bits per heavy atom. The molecule has 0 spiro atoms. The summed E-state index contributed by atoms with van der Waals surface area (Å²) >= 11 is 0. The van der Waals surface area contributed by atoms with Gasteiger partial charge in [-0.05, 0) is 31.5 Å². The number of unbranched alkanes of at least 4 members (excludes halogenated alkanes) is 2. The number of benzene rings is 1. The molecule has 1 aromatic rings. The standard InChI is InChI=1S/C16H27NO/c1-3-5-12-17(13-6-4-2)14-16(18)15-10-8-7-9-11-15/h7-11,16,18H,3-6,12-14H2,1-2H3/t16-/m0/s1. The van der Waals surface area contributed by atoms with Crippen LogP contribution in [-0.4, -0.2) is 29.6 Å². The van der Waals surface area contributed by atoms with Gasteiger partial charge in [0.15, 0.2) is 0 Å². The molecule has 2 nitrogen and oxygen atoms in total. The molecule has 0 unspecified atom stereocenters. The fourth-order valence-electron chi connectivity index (χ4n) is 2.08. The van der Waals surface area contributed by atoms with E-state index in [1.54, 1.807) is 0 Å². The van der Waals surface area contributed by atoms with Gasteiger partial charge >= 0.3 is 0 Å². The van der Waals surface area contributed by atoms with Crippen LogP contribution in [0.15, 0.2) is 30.3 Å². The molecule has 0 aromatic heterocycles. The second kappa shape index (κ2) is 9.12. The predicted octanol–water partition coefficient (Wildman–Crippen LogP) is 3.62. The van der Waals surface area contributed by atoms with Gasteiger partial charge in [-0.3, -0.25) is 0 Å². The fourth-order valence-corrected chi connectivity index (χ4v) is 2.08. The van der Waals surface area contributed by atoms with Crippen LogP contribution in [0.25, 0.3) is 0 Å². The Morgan fingerprint density at radius 2 is 1.56 bits per heavy atom. The molecule has 0 aliphatic carbocycles. The third-order valence-electron chi connectivity index (χ3n) is 3.27. The quantitative estimate of drug-likeness (QED) is 0.722. The van der Waals surface area contributed by atoms with Crippen molar-refractivity contribution < 1.29 is 5.11 Å². The van der Waals surface area contributed by atoms with Gasteiger partial charge in [-0.15, -0.1) is 0 Å². The van der Waals surface area contributed by atoms with E-state index in [1.807, 2.05) is 30.3 Å². The molecule has 0 radical (unpaired) electrons. The van der Waals surface area contributed by atoms with Crippen molar-refractivity contribution >= 4 is 0 Å². The highest BCUT2D eigenvalue weighted by atomic mass is 16.3. The van der Waals surface area contributed by atoms with Gasteiger partial charge in [0.2, 0.25) is 0 Å². The van der Waals surface area contributed by atoms with Crippen LogP contribution in [0.2, 0.25) is 0 Å². The third kappa shape index (κ3) is 5.65. The monoisotopic (exact) mass is 249 g/mol. The largest absolute Gasteiger partial charge is 0.387 e. The molecule has 102 valence electrons. The van der Waals surface area contributed by atoms with E-state index in [2.05, 4.69) is 18.7 Å². The lowest BCUT2D eigenvalue weighted by molar-refractivity contribution is 0.111. The van der Waals surface area contributed by atoms with Crippen LogP contribution in [0.3, 0.4) is 0 Å². The minimum absolute atomic E-state index is 0.361. The average Bonchev–Trinajstić information content (AvgIpc) is 2.42. The molecule has 1 aromatic carbocycles. The summed E-state index contributed by atoms with van der Waals surface area (Å²) in [5, 5.41) is 10.2. The number of aliphatic hydroxyl groups excluding tert-OH is 1. The van der Waals surface area contributed by atoms with Crippen molar-refractivity contribution in [2.45, 2.75) is 45.6 Å². The van der Waals surface area contributed by atoms with E-state index in [-0.39, 0.29) is 6.10 Å². The Labute approximate surface area is 112 Å². The van der Waals surface area contributed by atoms with E-state index in [1.165, 1.54) is 25.7 Å². The maximum atomic E-state index is 10.2. The lowest BCUT2D eigenvalue weighted by atomic mass is 10.1. The van der Waals surface area contributed by atoms with Crippen LogP contribution >= 0.6 is 0 Å². The summed E-state index contributed by atoms with van der Waals surface area (Å²) < 4.78 is 0. The SMILES string of the molecule is CCCCN(CCCC)C[C@H](O)c1ccccc1. The minimum Gasteiger partial charge on any atom is -0.387 e. The predicted molar refractivity (Wildman–Crippen MR) is 77.7 cm³/mol. The Bertz CT molecular complexity index is 291. The molecule has 0 amide bonds. The van der Waals surface area contributed by atoms with Crippen molar-refractivity contribution in [3.8, 4) is 0 Å². The maximum absolute atomic E-state index is 10.2. The topological polar surface area (TPSA) is 23.5 Å². The van der Waals surface area contributed by atoms with Crippen LogP contribution in [0.5, 0.6) is 0 Å². The van der Waals surface area contributed by atoms with E-state index >= 15 is 0 Å². The van der Waals surface area contributed by atoms with E-state index in [9.17, 15) is 5.11 Å². The van der Waals surface area contributed by atoms with Crippen LogP contribution in [0.1, 0.15) is 51.2 Å². The van der Waals surface area contributed by atoms with Crippen molar-refractivity contribution in [3.63, 3.8) is 0 Å². The van der Waals surface area contributed by atoms with E-state index in [0.717, 1.165) is 25.2 Å². The van der Waals surface area contributed by atoms with Crippen LogP contribution < -0.4 is 0 Å². The van der Waals surface area contributed by atoms with Crippen LogP contribution in [-0.2, 0) is 0 Å².